The Morgan fingerprint density at radius 3 is 2.60 bits per heavy atom. The van der Waals surface area contributed by atoms with Crippen molar-refractivity contribution < 1.29 is 4.79 Å². The number of hydrogen-bond acceptors (Lipinski definition) is 2. The molecule has 0 saturated carbocycles. The number of hydrogen-bond donors (Lipinski definition) is 1. The molecule has 0 aromatic heterocycles. The Bertz CT molecular complexity index is 650. The largest absolute Gasteiger partial charge is 0.361 e. The fourth-order valence-electron chi connectivity index (χ4n) is 1.67. The first-order valence-corrected chi connectivity index (χ1v) is 7.22. The number of allylic oxidation sites excluding steroid dienone is 1. The van der Waals surface area contributed by atoms with Gasteiger partial charge in [0.15, 0.2) is 5.78 Å². The third-order valence-electron chi connectivity index (χ3n) is 2.80. The standard InChI is InChI=1S/C16H13BrClNO/c1-11-2-7-14(18)10-15(11)19-9-8-16(20)12-3-5-13(17)6-4-12/h2-10,19H,1H3. The fraction of sp³-hybridized carbons (Fsp3) is 0.0625. The number of carbonyl (C=O) groups excluding carboxylic acids is 1. The predicted molar refractivity (Wildman–Crippen MR) is 87.4 cm³/mol. The number of rotatable bonds is 4. The predicted octanol–water partition coefficient (Wildman–Crippen LogP) is 5.22. The summed E-state index contributed by atoms with van der Waals surface area (Å²) in [4.78, 5) is 11.9. The molecule has 2 aromatic rings. The molecule has 0 saturated heterocycles. The van der Waals surface area contributed by atoms with Gasteiger partial charge in [0, 0.05) is 33.0 Å². The van der Waals surface area contributed by atoms with Crippen LogP contribution in [0.5, 0.6) is 0 Å². The number of ketones is 1. The molecule has 0 fully saturated rings. The van der Waals surface area contributed by atoms with Gasteiger partial charge in [0.1, 0.15) is 0 Å². The molecule has 1 N–H and O–H groups in total. The molecule has 0 atom stereocenters. The van der Waals surface area contributed by atoms with Gasteiger partial charge in [0.25, 0.3) is 0 Å². The first-order chi connectivity index (χ1) is 9.56. The topological polar surface area (TPSA) is 29.1 Å². The zero-order chi connectivity index (χ0) is 14.5. The number of anilines is 1. The molecule has 2 nitrogen and oxygen atoms in total. The molecule has 0 radical (unpaired) electrons. The van der Waals surface area contributed by atoms with Crippen LogP contribution in [0, 0.1) is 6.92 Å². The van der Waals surface area contributed by atoms with Gasteiger partial charge in [0.2, 0.25) is 0 Å². The molecule has 4 heteroatoms. The second-order valence-corrected chi connectivity index (χ2v) is 5.66. The summed E-state index contributed by atoms with van der Waals surface area (Å²) in [5.74, 6) is -0.0512. The number of halogens is 2. The molecule has 0 bridgehead atoms. The summed E-state index contributed by atoms with van der Waals surface area (Å²) in [7, 11) is 0. The van der Waals surface area contributed by atoms with Gasteiger partial charge in [0.05, 0.1) is 0 Å². The molecule has 0 aliphatic carbocycles. The Kier molecular flexibility index (Phi) is 4.99. The lowest BCUT2D eigenvalue weighted by Gasteiger charge is -2.05. The second kappa shape index (κ2) is 6.73. The Labute approximate surface area is 131 Å². The maximum atomic E-state index is 11.9. The van der Waals surface area contributed by atoms with Gasteiger partial charge in [-0.05, 0) is 48.9 Å². The van der Waals surface area contributed by atoms with E-state index in [-0.39, 0.29) is 5.78 Å². The molecular weight excluding hydrogens is 338 g/mol. The summed E-state index contributed by atoms with van der Waals surface area (Å²) >= 11 is 9.27. The highest BCUT2D eigenvalue weighted by Crippen LogP contribution is 2.20. The van der Waals surface area contributed by atoms with E-state index in [0.717, 1.165) is 15.7 Å². The zero-order valence-electron chi connectivity index (χ0n) is 10.9. The van der Waals surface area contributed by atoms with Crippen molar-refractivity contribution in [3.63, 3.8) is 0 Å². The third-order valence-corrected chi connectivity index (χ3v) is 3.57. The second-order valence-electron chi connectivity index (χ2n) is 4.31. The van der Waals surface area contributed by atoms with Crippen LogP contribution in [-0.2, 0) is 0 Å². The van der Waals surface area contributed by atoms with Crippen LogP contribution < -0.4 is 5.32 Å². The van der Waals surface area contributed by atoms with Crippen molar-refractivity contribution in [1.29, 1.82) is 0 Å². The van der Waals surface area contributed by atoms with E-state index >= 15 is 0 Å². The summed E-state index contributed by atoms with van der Waals surface area (Å²) < 4.78 is 0.950. The van der Waals surface area contributed by atoms with Gasteiger partial charge in [-0.15, -0.1) is 0 Å². The molecule has 0 heterocycles. The summed E-state index contributed by atoms with van der Waals surface area (Å²) in [6, 6.07) is 12.8. The lowest BCUT2D eigenvalue weighted by Crippen LogP contribution is -1.96. The molecule has 0 unspecified atom stereocenters. The van der Waals surface area contributed by atoms with E-state index in [1.54, 1.807) is 18.3 Å². The zero-order valence-corrected chi connectivity index (χ0v) is 13.2. The van der Waals surface area contributed by atoms with E-state index in [1.807, 2.05) is 37.3 Å². The summed E-state index contributed by atoms with van der Waals surface area (Å²) in [5.41, 5.74) is 2.60. The normalized spacial score (nSPS) is 10.8. The molecule has 20 heavy (non-hydrogen) atoms. The van der Waals surface area contributed by atoms with Crippen molar-refractivity contribution >= 4 is 39.0 Å². The Morgan fingerprint density at radius 2 is 1.90 bits per heavy atom. The quantitative estimate of drug-likeness (QED) is 0.605. The van der Waals surface area contributed by atoms with Gasteiger partial charge in [-0.25, -0.2) is 0 Å². The highest BCUT2D eigenvalue weighted by Gasteiger charge is 2.01. The summed E-state index contributed by atoms with van der Waals surface area (Å²) in [5, 5.41) is 3.73. The number of carbonyl (C=O) groups is 1. The minimum atomic E-state index is -0.0512. The first-order valence-electron chi connectivity index (χ1n) is 6.05. The Hall–Kier alpha value is -1.58. The maximum Gasteiger partial charge on any atom is 0.187 e. The molecule has 102 valence electrons. The average molecular weight is 351 g/mol. The van der Waals surface area contributed by atoms with Crippen molar-refractivity contribution in [3.8, 4) is 0 Å². The first kappa shape index (κ1) is 14.8. The van der Waals surface area contributed by atoms with E-state index in [1.165, 1.54) is 6.08 Å². The van der Waals surface area contributed by atoms with Gasteiger partial charge >= 0.3 is 0 Å². The Balaban J connectivity index is 2.04. The van der Waals surface area contributed by atoms with Crippen molar-refractivity contribution in [2.45, 2.75) is 6.92 Å². The molecular formula is C16H13BrClNO. The van der Waals surface area contributed by atoms with Gasteiger partial charge < -0.3 is 5.32 Å². The number of aryl methyl sites for hydroxylation is 1. The van der Waals surface area contributed by atoms with E-state index < -0.39 is 0 Å². The van der Waals surface area contributed by atoms with Crippen LogP contribution in [0.15, 0.2) is 59.2 Å². The van der Waals surface area contributed by atoms with Gasteiger partial charge in [-0.2, -0.15) is 0 Å². The third kappa shape index (κ3) is 3.95. The van der Waals surface area contributed by atoms with E-state index in [2.05, 4.69) is 21.2 Å². The van der Waals surface area contributed by atoms with Crippen LogP contribution >= 0.6 is 27.5 Å². The van der Waals surface area contributed by atoms with Gasteiger partial charge in [-0.1, -0.05) is 33.6 Å². The number of benzene rings is 2. The monoisotopic (exact) mass is 349 g/mol. The molecule has 0 aliphatic rings. The lowest BCUT2D eigenvalue weighted by molar-refractivity contribution is 0.104. The maximum absolute atomic E-state index is 11.9. The van der Waals surface area contributed by atoms with Crippen LogP contribution in [0.3, 0.4) is 0 Å². The Morgan fingerprint density at radius 1 is 1.20 bits per heavy atom. The number of nitrogens with one attached hydrogen (secondary N) is 1. The summed E-state index contributed by atoms with van der Waals surface area (Å²) in [6.45, 7) is 1.98. The highest BCUT2D eigenvalue weighted by molar-refractivity contribution is 9.10. The minimum Gasteiger partial charge on any atom is -0.361 e. The molecule has 0 spiro atoms. The molecule has 0 aliphatic heterocycles. The van der Waals surface area contributed by atoms with E-state index in [9.17, 15) is 4.79 Å². The van der Waals surface area contributed by atoms with Crippen molar-refractivity contribution in [3.05, 3.63) is 75.4 Å². The lowest BCUT2D eigenvalue weighted by atomic mass is 10.1. The van der Waals surface area contributed by atoms with Crippen LogP contribution in [0.25, 0.3) is 0 Å². The molecule has 0 amide bonds. The molecule has 2 aromatic carbocycles. The highest BCUT2D eigenvalue weighted by atomic mass is 79.9. The SMILES string of the molecule is Cc1ccc(Cl)cc1NC=CC(=O)c1ccc(Br)cc1. The van der Waals surface area contributed by atoms with Crippen LogP contribution in [0.1, 0.15) is 15.9 Å². The fourth-order valence-corrected chi connectivity index (χ4v) is 2.10. The molecule has 2 rings (SSSR count). The smallest absolute Gasteiger partial charge is 0.187 e. The van der Waals surface area contributed by atoms with Gasteiger partial charge in [-0.3, -0.25) is 4.79 Å². The van der Waals surface area contributed by atoms with Crippen molar-refractivity contribution in [1.82, 2.24) is 0 Å². The minimum absolute atomic E-state index is 0.0512. The summed E-state index contributed by atoms with van der Waals surface area (Å²) in [6.07, 6.45) is 3.13. The average Bonchev–Trinajstić information content (AvgIpc) is 2.43. The van der Waals surface area contributed by atoms with Crippen molar-refractivity contribution in [2.24, 2.45) is 0 Å². The van der Waals surface area contributed by atoms with Crippen LogP contribution in [0.2, 0.25) is 5.02 Å². The van der Waals surface area contributed by atoms with E-state index in [0.29, 0.717) is 10.6 Å². The van der Waals surface area contributed by atoms with Crippen LogP contribution in [0.4, 0.5) is 5.69 Å². The van der Waals surface area contributed by atoms with E-state index in [4.69, 9.17) is 11.6 Å². The van der Waals surface area contributed by atoms with Crippen molar-refractivity contribution in [2.75, 3.05) is 5.32 Å². The van der Waals surface area contributed by atoms with Crippen LogP contribution in [-0.4, -0.2) is 5.78 Å².